The summed E-state index contributed by atoms with van der Waals surface area (Å²) in [5, 5.41) is 0.188. The van der Waals surface area contributed by atoms with Gasteiger partial charge in [-0.05, 0) is 32.0 Å². The first-order valence-electron chi connectivity index (χ1n) is 6.44. The van der Waals surface area contributed by atoms with E-state index in [1.165, 1.54) is 0 Å². The third-order valence-electron chi connectivity index (χ3n) is 3.76. The third kappa shape index (κ3) is 3.58. The molecule has 0 saturated carbocycles. The largest absolute Gasteiger partial charge is 0.414 e. The first-order chi connectivity index (χ1) is 7.98. The van der Waals surface area contributed by atoms with Gasteiger partial charge < -0.3 is 13.9 Å². The number of hydrogen-bond donors (Lipinski definition) is 0. The monoisotopic (exact) mass is 270 g/mol. The Labute approximate surface area is 112 Å². The van der Waals surface area contributed by atoms with Crippen LogP contribution in [0.3, 0.4) is 0 Å². The van der Waals surface area contributed by atoms with E-state index < -0.39 is 14.1 Å². The lowest BCUT2D eigenvalue weighted by molar-refractivity contribution is -0.145. The lowest BCUT2D eigenvalue weighted by Crippen LogP contribution is -2.43. The standard InChI is InChI=1S/C14H26O3Si/c1-9-11-12(17-14(5,6)16-11)10-15-18(7,8)13(2,3)4/h1,11-12H,10H2,2-8H3/t11?,12-/m0/s1. The van der Waals surface area contributed by atoms with Crippen LogP contribution in [0.5, 0.6) is 0 Å². The van der Waals surface area contributed by atoms with Gasteiger partial charge in [-0.2, -0.15) is 0 Å². The smallest absolute Gasteiger partial charge is 0.192 e. The Balaban J connectivity index is 2.62. The molecule has 1 rings (SSSR count). The Kier molecular flexibility index (Phi) is 4.34. The van der Waals surface area contributed by atoms with E-state index in [0.29, 0.717) is 6.61 Å². The molecule has 1 aliphatic heterocycles. The average molecular weight is 270 g/mol. The molecule has 0 amide bonds. The van der Waals surface area contributed by atoms with Crippen molar-refractivity contribution in [2.24, 2.45) is 0 Å². The Morgan fingerprint density at radius 3 is 2.28 bits per heavy atom. The molecular formula is C14H26O3Si. The quantitative estimate of drug-likeness (QED) is 0.582. The Morgan fingerprint density at radius 2 is 1.83 bits per heavy atom. The summed E-state index contributed by atoms with van der Waals surface area (Å²) < 4.78 is 17.6. The van der Waals surface area contributed by atoms with Gasteiger partial charge in [0.1, 0.15) is 12.2 Å². The summed E-state index contributed by atoms with van der Waals surface area (Å²) in [7, 11) is -1.77. The molecule has 3 nitrogen and oxygen atoms in total. The van der Waals surface area contributed by atoms with Crippen molar-refractivity contribution in [3.05, 3.63) is 0 Å². The Morgan fingerprint density at radius 1 is 1.28 bits per heavy atom. The molecule has 1 aliphatic rings. The predicted molar refractivity (Wildman–Crippen MR) is 75.8 cm³/mol. The third-order valence-corrected chi connectivity index (χ3v) is 8.26. The van der Waals surface area contributed by atoms with Crippen LogP contribution in [0.25, 0.3) is 0 Å². The molecule has 0 bridgehead atoms. The zero-order chi connectivity index (χ0) is 14.2. The van der Waals surface area contributed by atoms with Gasteiger partial charge in [0.05, 0.1) is 6.61 Å². The number of rotatable bonds is 3. The summed E-state index contributed by atoms with van der Waals surface area (Å²) in [5.41, 5.74) is 0. The van der Waals surface area contributed by atoms with Crippen molar-refractivity contribution in [2.75, 3.05) is 6.61 Å². The van der Waals surface area contributed by atoms with Gasteiger partial charge in [0, 0.05) is 0 Å². The predicted octanol–water partition coefficient (Wildman–Crippen LogP) is 3.16. The maximum Gasteiger partial charge on any atom is 0.192 e. The van der Waals surface area contributed by atoms with Crippen LogP contribution in [-0.4, -0.2) is 32.9 Å². The van der Waals surface area contributed by atoms with Crippen LogP contribution in [-0.2, 0) is 13.9 Å². The van der Waals surface area contributed by atoms with E-state index in [1.54, 1.807) is 0 Å². The molecule has 1 saturated heterocycles. The van der Waals surface area contributed by atoms with Crippen molar-refractivity contribution in [3.8, 4) is 12.3 Å². The van der Waals surface area contributed by atoms with E-state index in [0.717, 1.165) is 0 Å². The van der Waals surface area contributed by atoms with E-state index in [-0.39, 0.29) is 17.2 Å². The molecule has 0 spiro atoms. The molecule has 0 N–H and O–H groups in total. The molecule has 2 atom stereocenters. The van der Waals surface area contributed by atoms with E-state index in [4.69, 9.17) is 20.3 Å². The van der Waals surface area contributed by atoms with Crippen molar-refractivity contribution in [1.82, 2.24) is 0 Å². The van der Waals surface area contributed by atoms with Crippen molar-refractivity contribution in [2.45, 2.75) is 70.7 Å². The fourth-order valence-corrected chi connectivity index (χ4v) is 2.62. The summed E-state index contributed by atoms with van der Waals surface area (Å²) >= 11 is 0. The van der Waals surface area contributed by atoms with Crippen LogP contribution in [0.4, 0.5) is 0 Å². The molecule has 0 aromatic heterocycles. The van der Waals surface area contributed by atoms with Crippen molar-refractivity contribution in [3.63, 3.8) is 0 Å². The van der Waals surface area contributed by atoms with E-state index in [1.807, 2.05) is 13.8 Å². The van der Waals surface area contributed by atoms with Gasteiger partial charge in [0.2, 0.25) is 0 Å². The average Bonchev–Trinajstić information content (AvgIpc) is 2.48. The molecule has 1 heterocycles. The highest BCUT2D eigenvalue weighted by Gasteiger charge is 2.43. The fraction of sp³-hybridized carbons (Fsp3) is 0.857. The topological polar surface area (TPSA) is 27.7 Å². The normalized spacial score (nSPS) is 28.1. The summed E-state index contributed by atoms with van der Waals surface area (Å²) in [6.45, 7) is 15.4. The number of hydrogen-bond acceptors (Lipinski definition) is 3. The minimum atomic E-state index is -1.77. The van der Waals surface area contributed by atoms with Crippen LogP contribution >= 0.6 is 0 Å². The van der Waals surface area contributed by atoms with Crippen molar-refractivity contribution >= 4 is 8.32 Å². The van der Waals surface area contributed by atoms with Gasteiger partial charge in [-0.15, -0.1) is 6.42 Å². The molecule has 1 fully saturated rings. The summed E-state index contributed by atoms with van der Waals surface area (Å²) in [5.74, 6) is 2.02. The molecule has 104 valence electrons. The molecule has 0 aromatic carbocycles. The molecule has 1 unspecified atom stereocenters. The summed E-state index contributed by atoms with van der Waals surface area (Å²) in [6, 6.07) is 0. The summed E-state index contributed by atoms with van der Waals surface area (Å²) in [6.07, 6.45) is 4.99. The van der Waals surface area contributed by atoms with Crippen molar-refractivity contribution in [1.29, 1.82) is 0 Å². The Bertz CT molecular complexity index is 336. The lowest BCUT2D eigenvalue weighted by atomic mass is 10.2. The zero-order valence-electron chi connectivity index (χ0n) is 12.7. The second-order valence-corrected chi connectivity index (χ2v) is 11.6. The molecular weight excluding hydrogens is 244 g/mol. The first-order valence-corrected chi connectivity index (χ1v) is 9.35. The second kappa shape index (κ2) is 4.97. The van der Waals surface area contributed by atoms with Gasteiger partial charge >= 0.3 is 0 Å². The zero-order valence-corrected chi connectivity index (χ0v) is 13.7. The van der Waals surface area contributed by atoms with Crippen LogP contribution in [0.1, 0.15) is 34.6 Å². The molecule has 0 radical (unpaired) electrons. The maximum absolute atomic E-state index is 6.14. The van der Waals surface area contributed by atoms with E-state index in [2.05, 4.69) is 39.8 Å². The minimum Gasteiger partial charge on any atom is -0.414 e. The van der Waals surface area contributed by atoms with Crippen LogP contribution in [0.15, 0.2) is 0 Å². The van der Waals surface area contributed by atoms with Gasteiger partial charge in [0.15, 0.2) is 14.1 Å². The van der Waals surface area contributed by atoms with Crippen molar-refractivity contribution < 1.29 is 13.9 Å². The first kappa shape index (κ1) is 15.7. The van der Waals surface area contributed by atoms with Gasteiger partial charge in [-0.1, -0.05) is 26.7 Å². The van der Waals surface area contributed by atoms with Crippen LogP contribution < -0.4 is 0 Å². The second-order valence-electron chi connectivity index (χ2n) is 6.83. The number of terminal acetylenes is 1. The SMILES string of the molecule is C#CC1OC(C)(C)O[C@H]1CO[Si](C)(C)C(C)(C)C. The molecule has 18 heavy (non-hydrogen) atoms. The minimum absolute atomic E-state index is 0.167. The van der Waals surface area contributed by atoms with Gasteiger partial charge in [-0.25, -0.2) is 0 Å². The molecule has 4 heteroatoms. The highest BCUT2D eigenvalue weighted by molar-refractivity contribution is 6.74. The molecule has 0 aliphatic carbocycles. The highest BCUT2D eigenvalue weighted by atomic mass is 28.4. The fourth-order valence-electron chi connectivity index (χ4n) is 1.61. The molecule has 0 aromatic rings. The summed E-state index contributed by atoms with van der Waals surface area (Å²) in [4.78, 5) is 0. The number of ether oxygens (including phenoxy) is 2. The van der Waals surface area contributed by atoms with Gasteiger partial charge in [0.25, 0.3) is 0 Å². The lowest BCUT2D eigenvalue weighted by Gasteiger charge is -2.37. The highest BCUT2D eigenvalue weighted by Crippen LogP contribution is 2.37. The Hall–Kier alpha value is -0.343. The maximum atomic E-state index is 6.14. The van der Waals surface area contributed by atoms with Crippen LogP contribution in [0.2, 0.25) is 18.1 Å². The van der Waals surface area contributed by atoms with E-state index >= 15 is 0 Å². The van der Waals surface area contributed by atoms with Crippen LogP contribution in [0, 0.1) is 12.3 Å². The van der Waals surface area contributed by atoms with E-state index in [9.17, 15) is 0 Å². The van der Waals surface area contributed by atoms with Gasteiger partial charge in [-0.3, -0.25) is 0 Å².